The molecule has 2 heterocycles. The van der Waals surface area contributed by atoms with Gasteiger partial charge in [0.2, 0.25) is 0 Å². The number of ether oxygens (including phenoxy) is 6. The standard InChI is InChI=1S/C62H110O14/c1-3-5-7-9-11-13-15-17-19-21-23-24-25-26-27-28-30-32-34-36-38-40-42-44-46-71-48-51(74-54(64)45-43-41-39-37-35-33-31-29-22-20-18-16-14-12-10-8-6-4-2)49-72-61-60(70)58(68)56(66)53(76-61)50-73-62-59(69)57(67)55(65)52(47-63)75-62/h5,7,11,13,17,19,23-24,26-27,51-53,55-63,65-70H,3-4,6,8-10,12,14-16,18,20-22,25,28-50H2,1-2H3/b7-5-,13-11-,19-17-,24-23-,27-26-. The van der Waals surface area contributed by atoms with Gasteiger partial charge >= 0.3 is 5.97 Å². The summed E-state index contributed by atoms with van der Waals surface area (Å²) in [7, 11) is 0. The number of esters is 1. The fourth-order valence-electron chi connectivity index (χ4n) is 9.43. The van der Waals surface area contributed by atoms with Gasteiger partial charge in [-0.1, -0.05) is 222 Å². The van der Waals surface area contributed by atoms with Gasteiger partial charge in [-0.2, -0.15) is 0 Å². The number of rotatable bonds is 49. The molecule has 0 aromatic heterocycles. The molecule has 2 aliphatic heterocycles. The van der Waals surface area contributed by atoms with Crippen molar-refractivity contribution in [2.75, 3.05) is 33.0 Å². The number of aliphatic hydroxyl groups excluding tert-OH is 7. The van der Waals surface area contributed by atoms with Crippen LogP contribution < -0.4 is 0 Å². The van der Waals surface area contributed by atoms with Gasteiger partial charge in [-0.25, -0.2) is 0 Å². The van der Waals surface area contributed by atoms with Crippen molar-refractivity contribution in [1.29, 1.82) is 0 Å². The van der Waals surface area contributed by atoms with Crippen molar-refractivity contribution in [3.63, 3.8) is 0 Å². The highest BCUT2D eigenvalue weighted by molar-refractivity contribution is 5.69. The summed E-state index contributed by atoms with van der Waals surface area (Å²) < 4.78 is 34.4. The quantitative estimate of drug-likeness (QED) is 0.0172. The Kier molecular flexibility index (Phi) is 44.6. The summed E-state index contributed by atoms with van der Waals surface area (Å²) >= 11 is 0. The monoisotopic (exact) mass is 1080 g/mol. The van der Waals surface area contributed by atoms with Crippen molar-refractivity contribution in [2.45, 2.75) is 293 Å². The zero-order valence-corrected chi connectivity index (χ0v) is 47.5. The molecule has 14 nitrogen and oxygen atoms in total. The number of carbonyl (C=O) groups is 1. The molecule has 2 saturated heterocycles. The van der Waals surface area contributed by atoms with Gasteiger partial charge in [0.05, 0.1) is 26.4 Å². The first kappa shape index (κ1) is 69.8. The van der Waals surface area contributed by atoms with E-state index in [0.29, 0.717) is 13.0 Å². The fourth-order valence-corrected chi connectivity index (χ4v) is 9.43. The Bertz CT molecular complexity index is 1490. The Morgan fingerprint density at radius 1 is 0.447 bits per heavy atom. The Hall–Kier alpha value is -2.31. The van der Waals surface area contributed by atoms with Gasteiger partial charge in [0.25, 0.3) is 0 Å². The summed E-state index contributed by atoms with van der Waals surface area (Å²) in [4.78, 5) is 13.1. The molecule has 0 radical (unpaired) electrons. The normalized spacial score (nSPS) is 24.9. The summed E-state index contributed by atoms with van der Waals surface area (Å²) in [5, 5.41) is 72.4. The van der Waals surface area contributed by atoms with Crippen LogP contribution in [0.5, 0.6) is 0 Å². The van der Waals surface area contributed by atoms with Crippen LogP contribution in [0.25, 0.3) is 0 Å². The Labute approximate surface area is 460 Å². The average molecular weight is 1080 g/mol. The molecule has 11 unspecified atom stereocenters. The number of carbonyl (C=O) groups excluding carboxylic acids is 1. The largest absolute Gasteiger partial charge is 0.457 e. The van der Waals surface area contributed by atoms with E-state index in [1.165, 1.54) is 122 Å². The molecule has 0 amide bonds. The van der Waals surface area contributed by atoms with Crippen molar-refractivity contribution in [1.82, 2.24) is 0 Å². The molecule has 0 aromatic carbocycles. The molecule has 0 spiro atoms. The van der Waals surface area contributed by atoms with Crippen molar-refractivity contribution in [3.8, 4) is 0 Å². The number of allylic oxidation sites excluding steroid dienone is 10. The fraction of sp³-hybridized carbons (Fsp3) is 0.823. The van der Waals surface area contributed by atoms with E-state index in [9.17, 15) is 40.5 Å². The summed E-state index contributed by atoms with van der Waals surface area (Å²) in [6.07, 6.45) is 44.2. The molecule has 76 heavy (non-hydrogen) atoms. The highest BCUT2D eigenvalue weighted by atomic mass is 16.7. The molecule has 2 aliphatic rings. The first-order valence-electron chi connectivity index (χ1n) is 30.4. The third-order valence-electron chi connectivity index (χ3n) is 14.3. The van der Waals surface area contributed by atoms with Gasteiger partial charge in [0.1, 0.15) is 54.9 Å². The van der Waals surface area contributed by atoms with E-state index in [-0.39, 0.29) is 25.6 Å². The summed E-state index contributed by atoms with van der Waals surface area (Å²) in [6, 6.07) is 0. The van der Waals surface area contributed by atoms with Crippen molar-refractivity contribution in [2.24, 2.45) is 0 Å². The third kappa shape index (κ3) is 34.6. The lowest BCUT2D eigenvalue weighted by Crippen LogP contribution is -2.61. The van der Waals surface area contributed by atoms with Crippen LogP contribution in [0.4, 0.5) is 0 Å². The maximum atomic E-state index is 13.1. The molecule has 2 fully saturated rings. The Balaban J connectivity index is 1.70. The molecule has 7 N–H and O–H groups in total. The van der Waals surface area contributed by atoms with E-state index in [0.717, 1.165) is 77.0 Å². The molecule has 2 rings (SSSR count). The SMILES string of the molecule is CC/C=C\C/C=C\C/C=C\C/C=C\C/C=C\CCCCCCCCCCOCC(COC1OC(COC2OC(CO)C(O)C(O)C2O)C(O)C(O)C1O)OC(=O)CCCCCCCCCCCCCCCCCCCC. The van der Waals surface area contributed by atoms with Gasteiger partial charge in [0, 0.05) is 13.0 Å². The Morgan fingerprint density at radius 3 is 1.34 bits per heavy atom. The zero-order chi connectivity index (χ0) is 55.1. The van der Waals surface area contributed by atoms with Gasteiger partial charge in [-0.3, -0.25) is 4.79 Å². The number of hydrogen-bond donors (Lipinski definition) is 7. The second kappa shape index (κ2) is 48.6. The van der Waals surface area contributed by atoms with E-state index < -0.39 is 80.7 Å². The summed E-state index contributed by atoms with van der Waals surface area (Å²) in [5.41, 5.74) is 0. The molecule has 11 atom stereocenters. The van der Waals surface area contributed by atoms with Gasteiger partial charge in [-0.15, -0.1) is 0 Å². The van der Waals surface area contributed by atoms with Crippen molar-refractivity contribution >= 4 is 5.97 Å². The highest BCUT2D eigenvalue weighted by Gasteiger charge is 2.47. The Morgan fingerprint density at radius 2 is 0.855 bits per heavy atom. The molecular weight excluding hydrogens is 969 g/mol. The van der Waals surface area contributed by atoms with Crippen molar-refractivity contribution in [3.05, 3.63) is 60.8 Å². The van der Waals surface area contributed by atoms with Crippen LogP contribution in [-0.4, -0.2) is 142 Å². The topological polar surface area (TPSA) is 214 Å². The minimum absolute atomic E-state index is 0.0559. The average Bonchev–Trinajstić information content (AvgIpc) is 3.42. The first-order chi connectivity index (χ1) is 37.1. The molecule has 442 valence electrons. The third-order valence-corrected chi connectivity index (χ3v) is 14.3. The van der Waals surface area contributed by atoms with Gasteiger partial charge < -0.3 is 64.2 Å². The van der Waals surface area contributed by atoms with Crippen LogP contribution in [0.1, 0.15) is 226 Å². The lowest BCUT2D eigenvalue weighted by Gasteiger charge is -2.42. The van der Waals surface area contributed by atoms with E-state index in [1.807, 2.05) is 0 Å². The molecule has 14 heteroatoms. The number of aliphatic hydroxyl groups is 7. The summed E-state index contributed by atoms with van der Waals surface area (Å²) in [5.74, 6) is -0.377. The van der Waals surface area contributed by atoms with Crippen LogP contribution in [0.2, 0.25) is 0 Å². The lowest BCUT2D eigenvalue weighted by molar-refractivity contribution is -0.332. The molecule has 0 bridgehead atoms. The van der Waals surface area contributed by atoms with Gasteiger partial charge in [0.15, 0.2) is 12.6 Å². The smallest absolute Gasteiger partial charge is 0.306 e. The second-order valence-electron chi connectivity index (χ2n) is 21.2. The maximum Gasteiger partial charge on any atom is 0.306 e. The van der Waals surface area contributed by atoms with Gasteiger partial charge in [-0.05, 0) is 57.8 Å². The van der Waals surface area contributed by atoms with E-state index in [1.54, 1.807) is 0 Å². The number of hydrogen-bond acceptors (Lipinski definition) is 14. The van der Waals surface area contributed by atoms with E-state index >= 15 is 0 Å². The van der Waals surface area contributed by atoms with E-state index in [2.05, 4.69) is 74.6 Å². The molecular formula is C62H110O14. The maximum absolute atomic E-state index is 13.1. The van der Waals surface area contributed by atoms with Crippen LogP contribution in [0.15, 0.2) is 60.8 Å². The lowest BCUT2D eigenvalue weighted by atomic mass is 9.98. The van der Waals surface area contributed by atoms with Crippen LogP contribution in [0, 0.1) is 0 Å². The highest BCUT2D eigenvalue weighted by Crippen LogP contribution is 2.27. The van der Waals surface area contributed by atoms with E-state index in [4.69, 9.17) is 28.4 Å². The van der Waals surface area contributed by atoms with Crippen molar-refractivity contribution < 1.29 is 69.0 Å². The number of unbranched alkanes of at least 4 members (excludes halogenated alkanes) is 25. The minimum atomic E-state index is -1.71. The van der Waals surface area contributed by atoms with Crippen LogP contribution in [0.3, 0.4) is 0 Å². The summed E-state index contributed by atoms with van der Waals surface area (Å²) in [6.45, 7) is 3.58. The molecule has 0 aromatic rings. The first-order valence-corrected chi connectivity index (χ1v) is 30.4. The molecule has 0 aliphatic carbocycles. The minimum Gasteiger partial charge on any atom is -0.457 e. The molecule has 0 saturated carbocycles. The predicted molar refractivity (Wildman–Crippen MR) is 302 cm³/mol. The zero-order valence-electron chi connectivity index (χ0n) is 47.5. The van der Waals surface area contributed by atoms with Crippen LogP contribution >= 0.6 is 0 Å². The van der Waals surface area contributed by atoms with Crippen LogP contribution in [-0.2, 0) is 33.2 Å². The second-order valence-corrected chi connectivity index (χ2v) is 21.2. The predicted octanol–water partition coefficient (Wildman–Crippen LogP) is 11.2.